The minimum atomic E-state index is -1.03. The zero-order chi connectivity index (χ0) is 12.2. The van der Waals surface area contributed by atoms with Gasteiger partial charge in [-0.15, -0.1) is 0 Å². The first-order valence-electron chi connectivity index (χ1n) is 6.19. The monoisotopic (exact) mass is 228 g/mol. The molecule has 0 bridgehead atoms. The molecule has 1 aliphatic carbocycles. The molecule has 0 heterocycles. The summed E-state index contributed by atoms with van der Waals surface area (Å²) in [5.74, 6) is 0.0122. The average molecular weight is 228 g/mol. The molecular formula is C12H24N2O2. The molecule has 0 saturated heterocycles. The van der Waals surface area contributed by atoms with Gasteiger partial charge in [-0.05, 0) is 51.6 Å². The minimum Gasteiger partial charge on any atom is -0.480 e. The molecule has 1 atom stereocenters. The molecule has 1 rings (SSSR count). The van der Waals surface area contributed by atoms with Crippen LogP contribution in [-0.4, -0.2) is 41.7 Å². The van der Waals surface area contributed by atoms with Crippen LogP contribution in [0.15, 0.2) is 0 Å². The van der Waals surface area contributed by atoms with Crippen LogP contribution in [0.2, 0.25) is 0 Å². The number of hydrogen-bond acceptors (Lipinski definition) is 3. The Balaban J connectivity index is 2.19. The molecule has 0 amide bonds. The number of nitrogens with zero attached hydrogens (tertiary/aromatic N) is 1. The Hall–Kier alpha value is -0.610. The molecule has 4 heteroatoms. The van der Waals surface area contributed by atoms with Gasteiger partial charge < -0.3 is 15.7 Å². The summed E-state index contributed by atoms with van der Waals surface area (Å²) in [7, 11) is 2.10. The summed E-state index contributed by atoms with van der Waals surface area (Å²) in [6, 6.07) is 0. The third-order valence-corrected chi connectivity index (χ3v) is 3.49. The van der Waals surface area contributed by atoms with Crippen molar-refractivity contribution in [1.82, 2.24) is 4.90 Å². The van der Waals surface area contributed by atoms with E-state index in [1.165, 1.54) is 12.8 Å². The summed E-state index contributed by atoms with van der Waals surface area (Å²) in [4.78, 5) is 13.3. The lowest BCUT2D eigenvalue weighted by Crippen LogP contribution is -2.47. The largest absolute Gasteiger partial charge is 0.480 e. The predicted octanol–water partition coefficient (Wildman–Crippen LogP) is 1.30. The molecule has 1 saturated carbocycles. The third kappa shape index (κ3) is 4.10. The van der Waals surface area contributed by atoms with E-state index in [-0.39, 0.29) is 0 Å². The molecule has 0 aromatic rings. The fourth-order valence-corrected chi connectivity index (χ4v) is 1.93. The van der Waals surface area contributed by atoms with Crippen molar-refractivity contribution in [2.75, 3.05) is 20.1 Å². The Morgan fingerprint density at radius 2 is 2.19 bits per heavy atom. The van der Waals surface area contributed by atoms with Gasteiger partial charge in [0.2, 0.25) is 0 Å². The van der Waals surface area contributed by atoms with Crippen molar-refractivity contribution in [2.45, 2.75) is 44.6 Å². The van der Waals surface area contributed by atoms with Gasteiger partial charge in [-0.1, -0.05) is 6.92 Å². The molecule has 0 spiro atoms. The highest BCUT2D eigenvalue weighted by molar-refractivity contribution is 5.78. The first-order valence-corrected chi connectivity index (χ1v) is 6.19. The van der Waals surface area contributed by atoms with Gasteiger partial charge in [0.1, 0.15) is 5.54 Å². The lowest BCUT2D eigenvalue weighted by Gasteiger charge is -2.24. The van der Waals surface area contributed by atoms with E-state index in [2.05, 4.69) is 11.9 Å². The molecule has 16 heavy (non-hydrogen) atoms. The fourth-order valence-electron chi connectivity index (χ4n) is 1.93. The van der Waals surface area contributed by atoms with E-state index < -0.39 is 11.5 Å². The maximum Gasteiger partial charge on any atom is 0.323 e. The number of nitrogens with two attached hydrogens (primary N) is 1. The van der Waals surface area contributed by atoms with Gasteiger partial charge in [-0.3, -0.25) is 4.79 Å². The van der Waals surface area contributed by atoms with Crippen LogP contribution in [0, 0.1) is 5.92 Å². The van der Waals surface area contributed by atoms with Crippen molar-refractivity contribution in [3.05, 3.63) is 0 Å². The molecule has 0 aromatic heterocycles. The topological polar surface area (TPSA) is 66.6 Å². The molecule has 1 fully saturated rings. The van der Waals surface area contributed by atoms with Crippen LogP contribution in [0.25, 0.3) is 0 Å². The van der Waals surface area contributed by atoms with Crippen molar-refractivity contribution >= 4 is 5.97 Å². The highest BCUT2D eigenvalue weighted by Gasteiger charge is 2.31. The summed E-state index contributed by atoms with van der Waals surface area (Å²) in [6.45, 7) is 3.93. The van der Waals surface area contributed by atoms with Crippen molar-refractivity contribution in [1.29, 1.82) is 0 Å². The van der Waals surface area contributed by atoms with Crippen LogP contribution >= 0.6 is 0 Å². The zero-order valence-corrected chi connectivity index (χ0v) is 10.4. The van der Waals surface area contributed by atoms with Crippen LogP contribution in [-0.2, 0) is 4.79 Å². The Bertz CT molecular complexity index is 241. The summed E-state index contributed by atoms with van der Waals surface area (Å²) < 4.78 is 0. The maximum atomic E-state index is 11.0. The second-order valence-electron chi connectivity index (χ2n) is 5.12. The second kappa shape index (κ2) is 5.64. The predicted molar refractivity (Wildman–Crippen MR) is 64.3 cm³/mol. The van der Waals surface area contributed by atoms with Gasteiger partial charge in [0.05, 0.1) is 0 Å². The van der Waals surface area contributed by atoms with Crippen LogP contribution in [0.4, 0.5) is 0 Å². The number of carbonyl (C=O) groups is 1. The highest BCUT2D eigenvalue weighted by Crippen LogP contribution is 2.29. The molecule has 0 aromatic carbocycles. The second-order valence-corrected chi connectivity index (χ2v) is 5.12. The smallest absolute Gasteiger partial charge is 0.323 e. The molecule has 4 nitrogen and oxygen atoms in total. The van der Waals surface area contributed by atoms with Gasteiger partial charge in [-0.25, -0.2) is 0 Å². The number of carboxylic acid groups (broad SMARTS) is 1. The van der Waals surface area contributed by atoms with Gasteiger partial charge in [0.25, 0.3) is 0 Å². The zero-order valence-electron chi connectivity index (χ0n) is 10.4. The first kappa shape index (κ1) is 13.5. The van der Waals surface area contributed by atoms with E-state index in [1.807, 2.05) is 6.92 Å². The summed E-state index contributed by atoms with van der Waals surface area (Å²) in [6.07, 6.45) is 4.63. The van der Waals surface area contributed by atoms with Gasteiger partial charge in [0, 0.05) is 6.54 Å². The van der Waals surface area contributed by atoms with Crippen LogP contribution in [0.3, 0.4) is 0 Å². The van der Waals surface area contributed by atoms with Gasteiger partial charge in [0.15, 0.2) is 0 Å². The van der Waals surface area contributed by atoms with E-state index in [0.29, 0.717) is 12.8 Å². The SMILES string of the molecule is CCC(N)(CCCN(C)CC1CC1)C(=O)O. The van der Waals surface area contributed by atoms with Crippen LogP contribution in [0.1, 0.15) is 39.0 Å². The van der Waals surface area contributed by atoms with Crippen molar-refractivity contribution in [3.8, 4) is 0 Å². The molecule has 1 aliphatic rings. The highest BCUT2D eigenvalue weighted by atomic mass is 16.4. The first-order chi connectivity index (χ1) is 7.48. The summed E-state index contributed by atoms with van der Waals surface area (Å²) >= 11 is 0. The molecule has 0 aliphatic heterocycles. The van der Waals surface area contributed by atoms with E-state index in [4.69, 9.17) is 10.8 Å². The number of carboxylic acids is 1. The maximum absolute atomic E-state index is 11.0. The summed E-state index contributed by atoms with van der Waals surface area (Å²) in [5.41, 5.74) is 4.79. The van der Waals surface area contributed by atoms with Crippen LogP contribution < -0.4 is 5.73 Å². The Morgan fingerprint density at radius 3 is 2.62 bits per heavy atom. The number of rotatable bonds is 8. The van der Waals surface area contributed by atoms with Gasteiger partial charge >= 0.3 is 5.97 Å². The Labute approximate surface area is 97.8 Å². The van der Waals surface area contributed by atoms with E-state index in [0.717, 1.165) is 25.4 Å². The van der Waals surface area contributed by atoms with E-state index in [1.54, 1.807) is 0 Å². The Morgan fingerprint density at radius 1 is 1.56 bits per heavy atom. The summed E-state index contributed by atoms with van der Waals surface area (Å²) in [5, 5.41) is 9.01. The molecule has 3 N–H and O–H groups in total. The average Bonchev–Trinajstić information content (AvgIpc) is 3.01. The molecule has 0 radical (unpaired) electrons. The molecular weight excluding hydrogens is 204 g/mol. The quantitative estimate of drug-likeness (QED) is 0.657. The standard InChI is InChI=1S/C12H24N2O2/c1-3-12(13,11(15)16)7-4-8-14(2)9-10-5-6-10/h10H,3-9,13H2,1-2H3,(H,15,16). The normalized spacial score (nSPS) is 19.8. The fraction of sp³-hybridized carbons (Fsp3) is 0.917. The van der Waals surface area contributed by atoms with E-state index in [9.17, 15) is 4.79 Å². The van der Waals surface area contributed by atoms with Crippen molar-refractivity contribution in [2.24, 2.45) is 11.7 Å². The number of hydrogen-bond donors (Lipinski definition) is 2. The lowest BCUT2D eigenvalue weighted by atomic mass is 9.92. The van der Waals surface area contributed by atoms with Crippen molar-refractivity contribution < 1.29 is 9.90 Å². The lowest BCUT2D eigenvalue weighted by molar-refractivity contribution is -0.143. The van der Waals surface area contributed by atoms with E-state index >= 15 is 0 Å². The molecule has 1 unspecified atom stereocenters. The Kier molecular flexibility index (Phi) is 4.74. The van der Waals surface area contributed by atoms with Gasteiger partial charge in [-0.2, -0.15) is 0 Å². The van der Waals surface area contributed by atoms with Crippen molar-refractivity contribution in [3.63, 3.8) is 0 Å². The minimum absolute atomic E-state index is 0.495. The number of aliphatic carboxylic acids is 1. The third-order valence-electron chi connectivity index (χ3n) is 3.49. The van der Waals surface area contributed by atoms with Crippen LogP contribution in [0.5, 0.6) is 0 Å². The molecule has 94 valence electrons.